The number of hydrogen-bond donors (Lipinski definition) is 1. The molecule has 2 aliphatic carbocycles. The van der Waals surface area contributed by atoms with E-state index in [0.717, 1.165) is 25.8 Å². The summed E-state index contributed by atoms with van der Waals surface area (Å²) >= 11 is 0. The largest absolute Gasteiger partial charge is 0.379 e. The zero-order valence-electron chi connectivity index (χ0n) is 11.3. The first-order valence-corrected chi connectivity index (χ1v) is 7.23. The van der Waals surface area contributed by atoms with Crippen LogP contribution in [0, 0.1) is 0 Å². The van der Waals surface area contributed by atoms with Gasteiger partial charge in [0, 0.05) is 19.2 Å². The third kappa shape index (κ3) is 4.23. The molecule has 0 aromatic heterocycles. The number of ether oxygens (including phenoxy) is 2. The molecule has 0 aromatic carbocycles. The quantitative estimate of drug-likeness (QED) is 0.708. The van der Waals surface area contributed by atoms with Gasteiger partial charge < -0.3 is 14.8 Å². The van der Waals surface area contributed by atoms with Crippen LogP contribution in [0.3, 0.4) is 0 Å². The molecule has 3 heteroatoms. The summed E-state index contributed by atoms with van der Waals surface area (Å²) in [7, 11) is 0. The fourth-order valence-corrected chi connectivity index (χ4v) is 2.72. The van der Waals surface area contributed by atoms with E-state index in [2.05, 4.69) is 12.2 Å². The van der Waals surface area contributed by atoms with E-state index in [1.54, 1.807) is 0 Å². The third-order valence-electron chi connectivity index (χ3n) is 3.81. The van der Waals surface area contributed by atoms with E-state index in [1.807, 2.05) is 6.92 Å². The second-order valence-electron chi connectivity index (χ2n) is 5.63. The van der Waals surface area contributed by atoms with Crippen molar-refractivity contribution < 1.29 is 9.47 Å². The van der Waals surface area contributed by atoms with Crippen molar-refractivity contribution in [3.05, 3.63) is 0 Å². The van der Waals surface area contributed by atoms with E-state index in [9.17, 15) is 0 Å². The average molecular weight is 241 g/mol. The summed E-state index contributed by atoms with van der Waals surface area (Å²) in [6.45, 7) is 6.70. The molecule has 0 heterocycles. The second kappa shape index (κ2) is 6.17. The maximum Gasteiger partial charge on any atom is 0.0811 e. The Balaban J connectivity index is 1.77. The zero-order valence-corrected chi connectivity index (χ0v) is 11.3. The monoisotopic (exact) mass is 241 g/mol. The Kier molecular flexibility index (Phi) is 4.83. The molecule has 2 fully saturated rings. The van der Waals surface area contributed by atoms with E-state index in [4.69, 9.17) is 9.47 Å². The van der Waals surface area contributed by atoms with Crippen molar-refractivity contribution in [1.29, 1.82) is 0 Å². The third-order valence-corrected chi connectivity index (χ3v) is 3.81. The highest BCUT2D eigenvalue weighted by atomic mass is 16.5. The van der Waals surface area contributed by atoms with Gasteiger partial charge in [0.1, 0.15) is 0 Å². The summed E-state index contributed by atoms with van der Waals surface area (Å²) < 4.78 is 11.7. The number of hydrogen-bond acceptors (Lipinski definition) is 3. The van der Waals surface area contributed by atoms with Crippen LogP contribution in [0.25, 0.3) is 0 Å². The Hall–Kier alpha value is -0.120. The Labute approximate surface area is 105 Å². The van der Waals surface area contributed by atoms with Crippen molar-refractivity contribution >= 4 is 0 Å². The van der Waals surface area contributed by atoms with Crippen LogP contribution in [0.15, 0.2) is 0 Å². The molecule has 17 heavy (non-hydrogen) atoms. The van der Waals surface area contributed by atoms with Crippen LogP contribution in [0.5, 0.6) is 0 Å². The minimum absolute atomic E-state index is 0.0963. The molecule has 1 atom stereocenters. The van der Waals surface area contributed by atoms with Crippen LogP contribution in [0.1, 0.15) is 52.4 Å². The molecule has 2 saturated carbocycles. The molecule has 0 amide bonds. The smallest absolute Gasteiger partial charge is 0.0811 e. The van der Waals surface area contributed by atoms with E-state index in [1.165, 1.54) is 38.5 Å². The van der Waals surface area contributed by atoms with Crippen molar-refractivity contribution in [3.63, 3.8) is 0 Å². The van der Waals surface area contributed by atoms with Gasteiger partial charge in [-0.3, -0.25) is 0 Å². The Morgan fingerprint density at radius 1 is 1.29 bits per heavy atom. The predicted octanol–water partition coefficient (Wildman–Crippen LogP) is 2.49. The lowest BCUT2D eigenvalue weighted by Gasteiger charge is -2.33. The molecular weight excluding hydrogens is 214 g/mol. The molecule has 2 aliphatic rings. The highest BCUT2D eigenvalue weighted by Crippen LogP contribution is 2.34. The minimum atomic E-state index is 0.0963. The number of rotatable bonds is 8. The molecular formula is C14H27NO2. The summed E-state index contributed by atoms with van der Waals surface area (Å²) in [5, 5.41) is 3.64. The SMILES string of the molecule is CCOCC(C)OC1(CNC2CC2)CCCC1. The normalized spacial score (nSPS) is 25.1. The molecule has 1 N–H and O–H groups in total. The summed E-state index contributed by atoms with van der Waals surface area (Å²) in [6.07, 6.45) is 7.97. The van der Waals surface area contributed by atoms with Gasteiger partial charge >= 0.3 is 0 Å². The van der Waals surface area contributed by atoms with E-state index < -0.39 is 0 Å². The van der Waals surface area contributed by atoms with Crippen LogP contribution in [0.2, 0.25) is 0 Å². The molecule has 0 aromatic rings. The molecule has 3 nitrogen and oxygen atoms in total. The fourth-order valence-electron chi connectivity index (χ4n) is 2.72. The average Bonchev–Trinajstić information content (AvgIpc) is 3.05. The number of nitrogens with one attached hydrogen (secondary N) is 1. The first kappa shape index (κ1) is 13.3. The summed E-state index contributed by atoms with van der Waals surface area (Å²) in [6, 6.07) is 0.776. The van der Waals surface area contributed by atoms with Gasteiger partial charge in [0.25, 0.3) is 0 Å². The molecule has 0 bridgehead atoms. The van der Waals surface area contributed by atoms with Gasteiger partial charge in [-0.1, -0.05) is 12.8 Å². The predicted molar refractivity (Wildman–Crippen MR) is 69.3 cm³/mol. The Morgan fingerprint density at radius 3 is 2.59 bits per heavy atom. The maximum absolute atomic E-state index is 6.29. The first-order valence-electron chi connectivity index (χ1n) is 7.23. The molecule has 0 spiro atoms. The highest BCUT2D eigenvalue weighted by Gasteiger charge is 2.37. The Morgan fingerprint density at radius 2 is 2.00 bits per heavy atom. The van der Waals surface area contributed by atoms with Crippen LogP contribution in [-0.2, 0) is 9.47 Å². The molecule has 100 valence electrons. The van der Waals surface area contributed by atoms with Crippen molar-refractivity contribution in [3.8, 4) is 0 Å². The van der Waals surface area contributed by atoms with Crippen LogP contribution in [0.4, 0.5) is 0 Å². The van der Waals surface area contributed by atoms with Gasteiger partial charge in [-0.15, -0.1) is 0 Å². The van der Waals surface area contributed by atoms with Gasteiger partial charge in [0.05, 0.1) is 18.3 Å². The van der Waals surface area contributed by atoms with Crippen LogP contribution >= 0.6 is 0 Å². The second-order valence-corrected chi connectivity index (χ2v) is 5.63. The van der Waals surface area contributed by atoms with Crippen LogP contribution in [-0.4, -0.2) is 37.5 Å². The molecule has 2 rings (SSSR count). The van der Waals surface area contributed by atoms with E-state index in [-0.39, 0.29) is 11.7 Å². The maximum atomic E-state index is 6.29. The van der Waals surface area contributed by atoms with E-state index >= 15 is 0 Å². The topological polar surface area (TPSA) is 30.5 Å². The fraction of sp³-hybridized carbons (Fsp3) is 1.00. The van der Waals surface area contributed by atoms with Crippen molar-refractivity contribution in [1.82, 2.24) is 5.32 Å². The van der Waals surface area contributed by atoms with Crippen molar-refractivity contribution in [2.45, 2.75) is 70.1 Å². The Bertz CT molecular complexity index is 222. The van der Waals surface area contributed by atoms with Gasteiger partial charge in [0.2, 0.25) is 0 Å². The van der Waals surface area contributed by atoms with Crippen molar-refractivity contribution in [2.75, 3.05) is 19.8 Å². The van der Waals surface area contributed by atoms with E-state index in [0.29, 0.717) is 0 Å². The lowest BCUT2D eigenvalue weighted by molar-refractivity contribution is -0.106. The molecule has 0 saturated heterocycles. The van der Waals surface area contributed by atoms with Crippen molar-refractivity contribution in [2.24, 2.45) is 0 Å². The zero-order chi connectivity index (χ0) is 12.1. The lowest BCUT2D eigenvalue weighted by Crippen LogP contribution is -2.44. The summed E-state index contributed by atoms with van der Waals surface area (Å²) in [4.78, 5) is 0. The summed E-state index contributed by atoms with van der Waals surface area (Å²) in [5.74, 6) is 0. The first-order chi connectivity index (χ1) is 8.24. The van der Waals surface area contributed by atoms with Gasteiger partial charge in [-0.05, 0) is 39.5 Å². The van der Waals surface area contributed by atoms with Gasteiger partial charge in [-0.2, -0.15) is 0 Å². The lowest BCUT2D eigenvalue weighted by atomic mass is 10.0. The standard InChI is InChI=1S/C14H27NO2/c1-3-16-10-12(2)17-14(8-4-5-9-14)11-15-13-6-7-13/h12-13,15H,3-11H2,1-2H3. The van der Waals surface area contributed by atoms with Gasteiger partial charge in [0.15, 0.2) is 0 Å². The molecule has 1 unspecified atom stereocenters. The minimum Gasteiger partial charge on any atom is -0.379 e. The summed E-state index contributed by atoms with van der Waals surface area (Å²) in [5.41, 5.74) is 0.0963. The van der Waals surface area contributed by atoms with Gasteiger partial charge in [-0.25, -0.2) is 0 Å². The van der Waals surface area contributed by atoms with Crippen LogP contribution < -0.4 is 5.32 Å². The molecule has 0 aliphatic heterocycles. The highest BCUT2D eigenvalue weighted by molar-refractivity contribution is 4.92. The molecule has 0 radical (unpaired) electrons.